The Morgan fingerprint density at radius 3 is 2.65 bits per heavy atom. The summed E-state index contributed by atoms with van der Waals surface area (Å²) in [6.45, 7) is 4.72. The van der Waals surface area contributed by atoms with Gasteiger partial charge in [0.25, 0.3) is 0 Å². The molecule has 0 N–H and O–H groups in total. The largest absolute Gasteiger partial charge is 0.243 e. The van der Waals surface area contributed by atoms with Crippen molar-refractivity contribution in [1.82, 2.24) is 4.31 Å². The second kappa shape index (κ2) is 6.46. The highest BCUT2D eigenvalue weighted by Crippen LogP contribution is 2.29. The molecule has 1 aromatic carbocycles. The van der Waals surface area contributed by atoms with Gasteiger partial charge in [-0.15, -0.1) is 11.6 Å². The average Bonchev–Trinajstić information content (AvgIpc) is 2.95. The fourth-order valence-electron chi connectivity index (χ4n) is 2.90. The molecule has 1 atom stereocenters. The maximum absolute atomic E-state index is 12.8. The Kier molecular flexibility index (Phi) is 5.10. The van der Waals surface area contributed by atoms with Crippen LogP contribution in [0.1, 0.15) is 44.2 Å². The highest BCUT2D eigenvalue weighted by atomic mass is 35.5. The number of benzene rings is 1. The van der Waals surface area contributed by atoms with E-state index in [1.807, 2.05) is 19.9 Å². The highest BCUT2D eigenvalue weighted by Gasteiger charge is 2.34. The summed E-state index contributed by atoms with van der Waals surface area (Å²) in [5, 5.41) is 0. The summed E-state index contributed by atoms with van der Waals surface area (Å²) in [4.78, 5) is 0.380. The predicted molar refractivity (Wildman–Crippen MR) is 82.6 cm³/mol. The first-order valence-electron chi connectivity index (χ1n) is 7.24. The number of hydrogen-bond donors (Lipinski definition) is 0. The lowest BCUT2D eigenvalue weighted by atomic mass is 10.1. The third kappa shape index (κ3) is 2.87. The third-order valence-electron chi connectivity index (χ3n) is 4.10. The van der Waals surface area contributed by atoms with Crippen molar-refractivity contribution < 1.29 is 8.42 Å². The molecule has 0 aliphatic carbocycles. The molecule has 0 bridgehead atoms. The van der Waals surface area contributed by atoms with Crippen molar-refractivity contribution in [3.8, 4) is 0 Å². The van der Waals surface area contributed by atoms with Gasteiger partial charge in [0.1, 0.15) is 0 Å². The Morgan fingerprint density at radius 2 is 2.05 bits per heavy atom. The summed E-state index contributed by atoms with van der Waals surface area (Å²) >= 11 is 5.94. The number of sulfonamides is 1. The van der Waals surface area contributed by atoms with Crippen LogP contribution in [0.15, 0.2) is 23.1 Å². The molecule has 1 fully saturated rings. The fourth-order valence-corrected chi connectivity index (χ4v) is 4.97. The fraction of sp³-hybridized carbons (Fsp3) is 0.600. The third-order valence-corrected chi connectivity index (χ3v) is 6.34. The maximum Gasteiger partial charge on any atom is 0.243 e. The molecule has 112 valence electrons. The molecule has 2 rings (SSSR count). The summed E-state index contributed by atoms with van der Waals surface area (Å²) < 4.78 is 27.2. The second-order valence-corrected chi connectivity index (χ2v) is 7.40. The molecule has 1 unspecified atom stereocenters. The van der Waals surface area contributed by atoms with E-state index in [9.17, 15) is 8.42 Å². The molecule has 0 amide bonds. The minimum atomic E-state index is -3.38. The van der Waals surface area contributed by atoms with Crippen molar-refractivity contribution in [2.24, 2.45) is 0 Å². The molecular weight excluding hydrogens is 294 g/mol. The minimum absolute atomic E-state index is 0.144. The van der Waals surface area contributed by atoms with Crippen molar-refractivity contribution in [3.63, 3.8) is 0 Å². The van der Waals surface area contributed by atoms with E-state index in [2.05, 4.69) is 0 Å². The van der Waals surface area contributed by atoms with Crippen molar-refractivity contribution in [1.29, 1.82) is 0 Å². The maximum atomic E-state index is 12.8. The molecule has 1 aliphatic heterocycles. The van der Waals surface area contributed by atoms with Gasteiger partial charge in [-0.05, 0) is 48.9 Å². The molecule has 1 saturated heterocycles. The number of halogens is 1. The number of aryl methyl sites for hydroxylation is 1. The van der Waals surface area contributed by atoms with Crippen molar-refractivity contribution in [2.45, 2.75) is 56.3 Å². The lowest BCUT2D eigenvalue weighted by molar-refractivity contribution is 0.379. The zero-order chi connectivity index (χ0) is 14.8. The molecule has 0 radical (unpaired) electrons. The van der Waals surface area contributed by atoms with Crippen LogP contribution >= 0.6 is 11.6 Å². The van der Waals surface area contributed by atoms with Crippen LogP contribution in [0.2, 0.25) is 0 Å². The molecule has 3 nitrogen and oxygen atoms in total. The Morgan fingerprint density at radius 1 is 1.30 bits per heavy atom. The zero-order valence-electron chi connectivity index (χ0n) is 12.1. The zero-order valence-corrected chi connectivity index (χ0v) is 13.7. The highest BCUT2D eigenvalue weighted by molar-refractivity contribution is 7.89. The smallest absolute Gasteiger partial charge is 0.207 e. The number of hydrogen-bond acceptors (Lipinski definition) is 2. The molecule has 0 saturated carbocycles. The van der Waals surface area contributed by atoms with Gasteiger partial charge in [0.15, 0.2) is 0 Å². The minimum Gasteiger partial charge on any atom is -0.207 e. The van der Waals surface area contributed by atoms with E-state index < -0.39 is 10.0 Å². The summed E-state index contributed by atoms with van der Waals surface area (Å²) in [5.41, 5.74) is 2.04. The summed E-state index contributed by atoms with van der Waals surface area (Å²) in [5.74, 6) is 0.351. The first-order valence-corrected chi connectivity index (χ1v) is 9.21. The predicted octanol–water partition coefficient (Wildman–Crippen LogP) is 3.55. The average molecular weight is 316 g/mol. The molecule has 0 spiro atoms. The van der Waals surface area contributed by atoms with E-state index in [0.29, 0.717) is 17.3 Å². The van der Waals surface area contributed by atoms with Gasteiger partial charge < -0.3 is 0 Å². The van der Waals surface area contributed by atoms with Crippen LogP contribution < -0.4 is 0 Å². The van der Waals surface area contributed by atoms with E-state index >= 15 is 0 Å². The van der Waals surface area contributed by atoms with E-state index in [4.69, 9.17) is 11.6 Å². The Balaban J connectivity index is 2.39. The number of nitrogens with zero attached hydrogens (tertiary/aromatic N) is 1. The lowest BCUT2D eigenvalue weighted by Gasteiger charge is -2.23. The first-order chi connectivity index (χ1) is 9.54. The monoisotopic (exact) mass is 315 g/mol. The van der Waals surface area contributed by atoms with E-state index in [-0.39, 0.29) is 6.04 Å². The van der Waals surface area contributed by atoms with Crippen molar-refractivity contribution in [3.05, 3.63) is 29.3 Å². The molecule has 5 heteroatoms. The van der Waals surface area contributed by atoms with Gasteiger partial charge >= 0.3 is 0 Å². The van der Waals surface area contributed by atoms with Gasteiger partial charge in [-0.2, -0.15) is 4.31 Å². The number of rotatable bonds is 5. The van der Waals surface area contributed by atoms with Gasteiger partial charge in [-0.3, -0.25) is 0 Å². The lowest BCUT2D eigenvalue weighted by Crippen LogP contribution is -2.35. The summed E-state index contributed by atoms with van der Waals surface area (Å²) in [6, 6.07) is 5.49. The van der Waals surface area contributed by atoms with Crippen molar-refractivity contribution >= 4 is 21.6 Å². The molecule has 20 heavy (non-hydrogen) atoms. The SMILES string of the molecule is CCc1ccc(S(=O)(=O)N2CCCC2CC)cc1CCl. The molecule has 1 aliphatic rings. The quantitative estimate of drug-likeness (QED) is 0.779. The normalized spacial score (nSPS) is 20.4. The topological polar surface area (TPSA) is 37.4 Å². The Bertz CT molecular complexity index is 571. The summed E-state index contributed by atoms with van der Waals surface area (Å²) in [6.07, 6.45) is 3.65. The van der Waals surface area contributed by atoms with E-state index in [1.54, 1.807) is 16.4 Å². The molecule has 1 heterocycles. The molecule has 0 aromatic heterocycles. The molecule has 1 aromatic rings. The van der Waals surface area contributed by atoms with Crippen molar-refractivity contribution in [2.75, 3.05) is 6.54 Å². The van der Waals surface area contributed by atoms with Crippen LogP contribution in [0, 0.1) is 0 Å². The number of alkyl halides is 1. The van der Waals surface area contributed by atoms with Crippen LogP contribution in [0.25, 0.3) is 0 Å². The Hall–Kier alpha value is -0.580. The van der Waals surface area contributed by atoms with Gasteiger partial charge in [-0.1, -0.05) is 19.9 Å². The molecular formula is C15H22ClNO2S. The van der Waals surface area contributed by atoms with E-state index in [1.165, 1.54) is 0 Å². The van der Waals surface area contributed by atoms with Crippen LogP contribution in [0.5, 0.6) is 0 Å². The van der Waals surface area contributed by atoms with Crippen LogP contribution in [0.3, 0.4) is 0 Å². The van der Waals surface area contributed by atoms with Gasteiger partial charge in [0.2, 0.25) is 10.0 Å². The van der Waals surface area contributed by atoms with E-state index in [0.717, 1.165) is 36.8 Å². The van der Waals surface area contributed by atoms with Gasteiger partial charge in [-0.25, -0.2) is 8.42 Å². The standard InChI is InChI=1S/C15H22ClNO2S/c1-3-12-7-8-15(10-13(12)11-16)20(18,19)17-9-5-6-14(17)4-2/h7-8,10,14H,3-6,9,11H2,1-2H3. The second-order valence-electron chi connectivity index (χ2n) is 5.24. The van der Waals surface area contributed by atoms with Crippen LogP contribution in [0.4, 0.5) is 0 Å². The van der Waals surface area contributed by atoms with Gasteiger partial charge in [0, 0.05) is 18.5 Å². The van der Waals surface area contributed by atoms with Gasteiger partial charge in [0.05, 0.1) is 4.90 Å². The Labute approximate surface area is 127 Å². The van der Waals surface area contributed by atoms with Crippen LogP contribution in [-0.2, 0) is 22.3 Å². The van der Waals surface area contributed by atoms with Crippen LogP contribution in [-0.4, -0.2) is 25.3 Å². The first kappa shape index (κ1) is 15.8. The summed E-state index contributed by atoms with van der Waals surface area (Å²) in [7, 11) is -3.38.